The highest BCUT2D eigenvalue weighted by Gasteiger charge is 2.42. The minimum Gasteiger partial charge on any atom is -0.547 e. The molecule has 2 rings (SSSR count). The lowest BCUT2D eigenvalue weighted by Crippen LogP contribution is -2.40. The van der Waals surface area contributed by atoms with Gasteiger partial charge in [-0.25, -0.2) is 0 Å². The smallest absolute Gasteiger partial charge is 0.250 e. The summed E-state index contributed by atoms with van der Waals surface area (Å²) in [6.45, 7) is 13.7. The third-order valence-corrected chi connectivity index (χ3v) is 10.3. The van der Waals surface area contributed by atoms with Crippen LogP contribution in [0.25, 0.3) is 0 Å². The van der Waals surface area contributed by atoms with Crippen molar-refractivity contribution in [2.45, 2.75) is 84.4 Å². The molecule has 0 spiro atoms. The molecule has 2 aliphatic rings. The summed E-state index contributed by atoms with van der Waals surface area (Å²) in [7, 11) is -1.75. The molecule has 0 aromatic carbocycles. The Morgan fingerprint density at radius 3 is 2.29 bits per heavy atom. The molecule has 2 aliphatic carbocycles. The van der Waals surface area contributed by atoms with Crippen LogP contribution in [0, 0.1) is 11.8 Å². The first-order chi connectivity index (χ1) is 9.63. The first-order valence-corrected chi connectivity index (χ1v) is 11.5. The van der Waals surface area contributed by atoms with Crippen LogP contribution in [0.4, 0.5) is 0 Å². The van der Waals surface area contributed by atoms with Crippen LogP contribution in [0.3, 0.4) is 0 Å². The van der Waals surface area contributed by atoms with E-state index >= 15 is 0 Å². The molecule has 0 unspecified atom stereocenters. The molecule has 2 nitrogen and oxygen atoms in total. The van der Waals surface area contributed by atoms with E-state index in [1.807, 2.05) is 0 Å². The summed E-state index contributed by atoms with van der Waals surface area (Å²) in [5.74, 6) is 2.45. The maximum absolute atomic E-state index is 12.2. The monoisotopic (exact) mass is 308 g/mol. The van der Waals surface area contributed by atoms with Crippen LogP contribution in [0.1, 0.15) is 66.2 Å². The molecule has 0 aliphatic heterocycles. The molecule has 2 atom stereocenters. The number of carbonyl (C=O) groups is 1. The Hall–Kier alpha value is -0.573. The normalized spacial score (nSPS) is 28.2. The Labute approximate surface area is 131 Å². The molecule has 120 valence electrons. The van der Waals surface area contributed by atoms with Gasteiger partial charge in [-0.2, -0.15) is 0 Å². The molecular weight excluding hydrogens is 276 g/mol. The van der Waals surface area contributed by atoms with Gasteiger partial charge < -0.3 is 4.43 Å². The molecular formula is C18H32O2Si. The van der Waals surface area contributed by atoms with Gasteiger partial charge in [0.2, 0.25) is 8.32 Å². The van der Waals surface area contributed by atoms with E-state index in [1.165, 1.54) is 17.8 Å². The summed E-state index contributed by atoms with van der Waals surface area (Å²) >= 11 is 0. The zero-order valence-corrected chi connectivity index (χ0v) is 15.7. The van der Waals surface area contributed by atoms with Crippen LogP contribution in [-0.4, -0.2) is 14.1 Å². The summed E-state index contributed by atoms with van der Waals surface area (Å²) < 4.78 is 6.54. The predicted molar refractivity (Wildman–Crippen MR) is 90.7 cm³/mol. The van der Waals surface area contributed by atoms with E-state index < -0.39 is 8.32 Å². The van der Waals surface area contributed by atoms with Gasteiger partial charge >= 0.3 is 0 Å². The number of rotatable bonds is 3. The molecule has 3 heteroatoms. The van der Waals surface area contributed by atoms with E-state index in [1.54, 1.807) is 0 Å². The van der Waals surface area contributed by atoms with Crippen molar-refractivity contribution in [1.29, 1.82) is 0 Å². The van der Waals surface area contributed by atoms with Gasteiger partial charge in [-0.15, -0.1) is 0 Å². The molecule has 0 radical (unpaired) electrons. The largest absolute Gasteiger partial charge is 0.547 e. The standard InChI is InChI=1S/C18H32O2Si/c1-13-14(15-9-7-8-10-16(15)19)11-12-17(13)20-21(5,6)18(2,3)4/h14-15H,7-12H2,1-6H3/t14-,15-/m1/s1. The molecule has 0 amide bonds. The molecule has 0 heterocycles. The lowest BCUT2D eigenvalue weighted by molar-refractivity contribution is -0.125. The average molecular weight is 309 g/mol. The van der Waals surface area contributed by atoms with E-state index in [2.05, 4.69) is 40.8 Å². The van der Waals surface area contributed by atoms with Crippen molar-refractivity contribution in [3.63, 3.8) is 0 Å². The van der Waals surface area contributed by atoms with E-state index in [9.17, 15) is 4.79 Å². The molecule has 0 saturated heterocycles. The van der Waals surface area contributed by atoms with Crippen LogP contribution < -0.4 is 0 Å². The molecule has 0 bridgehead atoms. The Morgan fingerprint density at radius 1 is 1.05 bits per heavy atom. The van der Waals surface area contributed by atoms with Crippen LogP contribution in [0.2, 0.25) is 18.1 Å². The lowest BCUT2D eigenvalue weighted by atomic mass is 9.76. The van der Waals surface area contributed by atoms with E-state index in [4.69, 9.17) is 4.43 Å². The zero-order chi connectivity index (χ0) is 15.8. The summed E-state index contributed by atoms with van der Waals surface area (Å²) in [4.78, 5) is 12.2. The van der Waals surface area contributed by atoms with Gasteiger partial charge in [-0.05, 0) is 55.8 Å². The summed E-state index contributed by atoms with van der Waals surface area (Å²) in [6, 6.07) is 0. The second-order valence-electron chi connectivity index (χ2n) is 8.43. The first-order valence-electron chi connectivity index (χ1n) is 8.55. The van der Waals surface area contributed by atoms with Crippen LogP contribution in [0.5, 0.6) is 0 Å². The van der Waals surface area contributed by atoms with Crippen molar-refractivity contribution in [3.8, 4) is 0 Å². The highest BCUT2D eigenvalue weighted by molar-refractivity contribution is 6.74. The Balaban J connectivity index is 2.13. The van der Waals surface area contributed by atoms with Gasteiger partial charge in [0.25, 0.3) is 0 Å². The highest BCUT2D eigenvalue weighted by Crippen LogP contribution is 2.45. The number of allylic oxidation sites excluding steroid dienone is 2. The topological polar surface area (TPSA) is 26.3 Å². The van der Waals surface area contributed by atoms with E-state index in [0.29, 0.717) is 11.7 Å². The van der Waals surface area contributed by atoms with Crippen molar-refractivity contribution < 1.29 is 9.22 Å². The average Bonchev–Trinajstić information content (AvgIpc) is 2.70. The molecule has 0 aromatic heterocycles. The number of ketones is 1. The third-order valence-electron chi connectivity index (χ3n) is 5.95. The fraction of sp³-hybridized carbons (Fsp3) is 0.833. The van der Waals surface area contributed by atoms with Crippen molar-refractivity contribution in [3.05, 3.63) is 11.3 Å². The van der Waals surface area contributed by atoms with E-state index in [-0.39, 0.29) is 11.0 Å². The SMILES string of the molecule is CC1=C(O[Si](C)(C)C(C)(C)C)CC[C@H]1[C@H]1CCCCC1=O. The van der Waals surface area contributed by atoms with E-state index in [0.717, 1.165) is 32.1 Å². The number of Topliss-reactive ketones (excluding diaryl/α,β-unsaturated/α-hetero) is 1. The van der Waals surface area contributed by atoms with Gasteiger partial charge in [-0.1, -0.05) is 27.2 Å². The van der Waals surface area contributed by atoms with Gasteiger partial charge in [0, 0.05) is 18.8 Å². The quantitative estimate of drug-likeness (QED) is 0.648. The number of hydrogen-bond acceptors (Lipinski definition) is 2. The molecule has 21 heavy (non-hydrogen) atoms. The first kappa shape index (κ1) is 16.8. The molecule has 1 saturated carbocycles. The minimum atomic E-state index is -1.75. The van der Waals surface area contributed by atoms with Crippen LogP contribution >= 0.6 is 0 Å². The third kappa shape index (κ3) is 3.44. The van der Waals surface area contributed by atoms with Gasteiger partial charge in [-0.3, -0.25) is 4.79 Å². The minimum absolute atomic E-state index is 0.235. The lowest BCUT2D eigenvalue weighted by Gasteiger charge is -2.37. The second kappa shape index (κ2) is 5.90. The maximum Gasteiger partial charge on any atom is 0.250 e. The van der Waals surface area contributed by atoms with Gasteiger partial charge in [0.1, 0.15) is 5.78 Å². The summed E-state index contributed by atoms with van der Waals surface area (Å²) in [5, 5.41) is 0.235. The van der Waals surface area contributed by atoms with Crippen LogP contribution in [0.15, 0.2) is 11.3 Å². The summed E-state index contributed by atoms with van der Waals surface area (Å²) in [5.41, 5.74) is 1.38. The van der Waals surface area contributed by atoms with Crippen molar-refractivity contribution >= 4 is 14.1 Å². The van der Waals surface area contributed by atoms with Gasteiger partial charge in [0.15, 0.2) is 0 Å². The Morgan fingerprint density at radius 2 is 1.71 bits per heavy atom. The predicted octanol–water partition coefficient (Wildman–Crippen LogP) is 5.45. The number of carbonyl (C=O) groups excluding carboxylic acids is 1. The van der Waals surface area contributed by atoms with Crippen molar-refractivity contribution in [2.24, 2.45) is 11.8 Å². The fourth-order valence-corrected chi connectivity index (χ4v) is 4.62. The maximum atomic E-state index is 12.2. The molecule has 1 fully saturated rings. The Bertz CT molecular complexity index is 443. The Kier molecular flexibility index (Phi) is 4.72. The second-order valence-corrected chi connectivity index (χ2v) is 13.2. The fourth-order valence-electron chi connectivity index (χ4n) is 3.44. The zero-order valence-electron chi connectivity index (χ0n) is 14.7. The highest BCUT2D eigenvalue weighted by atomic mass is 28.4. The summed E-state index contributed by atoms with van der Waals surface area (Å²) in [6.07, 6.45) is 6.36. The van der Waals surface area contributed by atoms with Gasteiger partial charge in [0.05, 0.1) is 5.76 Å². The van der Waals surface area contributed by atoms with Crippen molar-refractivity contribution in [1.82, 2.24) is 0 Å². The molecule has 0 N–H and O–H groups in total. The van der Waals surface area contributed by atoms with Crippen LogP contribution in [-0.2, 0) is 9.22 Å². The number of hydrogen-bond donors (Lipinski definition) is 0. The molecule has 0 aromatic rings. The van der Waals surface area contributed by atoms with Crippen molar-refractivity contribution in [2.75, 3.05) is 0 Å².